The van der Waals surface area contributed by atoms with E-state index in [0.29, 0.717) is 45.6 Å². The molecule has 0 N–H and O–H groups in total. The Kier molecular flexibility index (Phi) is 3.19. The molecule has 0 unspecified atom stereocenters. The third kappa shape index (κ3) is 2.18. The fraction of sp³-hybridized carbons (Fsp3) is 0.118. The van der Waals surface area contributed by atoms with Gasteiger partial charge in [0.2, 0.25) is 12.7 Å². The average molecular weight is 325 g/mol. The van der Waals surface area contributed by atoms with E-state index in [9.17, 15) is 9.59 Å². The Labute approximate surface area is 135 Å². The van der Waals surface area contributed by atoms with E-state index in [1.54, 1.807) is 30.3 Å². The summed E-state index contributed by atoms with van der Waals surface area (Å²) in [5.41, 5.74) is 2.21. The lowest BCUT2D eigenvalue weighted by molar-refractivity contribution is 0.0601. The van der Waals surface area contributed by atoms with E-state index in [-0.39, 0.29) is 12.7 Å². The topological polar surface area (TPSA) is 87.9 Å². The number of methoxy groups -OCH3 is 1. The average Bonchev–Trinajstić information content (AvgIpc) is 3.24. The first kappa shape index (κ1) is 14.3. The van der Waals surface area contributed by atoms with Crippen LogP contribution in [0.1, 0.15) is 20.7 Å². The zero-order valence-electron chi connectivity index (χ0n) is 12.6. The van der Waals surface area contributed by atoms with Crippen LogP contribution in [0.15, 0.2) is 34.7 Å². The minimum absolute atomic E-state index is 0.104. The van der Waals surface area contributed by atoms with Crippen LogP contribution in [-0.4, -0.2) is 31.1 Å². The van der Waals surface area contributed by atoms with E-state index in [1.165, 1.54) is 7.11 Å². The molecular weight excluding hydrogens is 314 g/mol. The molecule has 0 aliphatic carbocycles. The maximum absolute atomic E-state index is 11.6. The SMILES string of the molecule is COC(=O)c1ccc2oc(-c3cc4c(cc3C=O)OCO4)nc2c1. The molecule has 120 valence electrons. The molecule has 0 fully saturated rings. The van der Waals surface area contributed by atoms with Crippen LogP contribution >= 0.6 is 0 Å². The Morgan fingerprint density at radius 1 is 1.21 bits per heavy atom. The van der Waals surface area contributed by atoms with E-state index in [0.717, 1.165) is 0 Å². The first-order valence-electron chi connectivity index (χ1n) is 7.07. The third-order valence-electron chi connectivity index (χ3n) is 3.71. The lowest BCUT2D eigenvalue weighted by atomic mass is 10.1. The summed E-state index contributed by atoms with van der Waals surface area (Å²) in [5, 5.41) is 0. The number of hydrogen-bond acceptors (Lipinski definition) is 7. The van der Waals surface area contributed by atoms with E-state index < -0.39 is 5.97 Å². The van der Waals surface area contributed by atoms with Gasteiger partial charge in [0.15, 0.2) is 23.4 Å². The van der Waals surface area contributed by atoms with Gasteiger partial charge in [-0.3, -0.25) is 4.79 Å². The molecule has 0 saturated heterocycles. The number of benzene rings is 2. The highest BCUT2D eigenvalue weighted by atomic mass is 16.7. The van der Waals surface area contributed by atoms with Gasteiger partial charge >= 0.3 is 5.97 Å². The molecular formula is C17H11NO6. The van der Waals surface area contributed by atoms with Crippen LogP contribution < -0.4 is 9.47 Å². The van der Waals surface area contributed by atoms with E-state index >= 15 is 0 Å². The molecule has 7 nitrogen and oxygen atoms in total. The fourth-order valence-electron chi connectivity index (χ4n) is 2.53. The van der Waals surface area contributed by atoms with Gasteiger partial charge in [-0.25, -0.2) is 9.78 Å². The van der Waals surface area contributed by atoms with Crippen LogP contribution in [0.5, 0.6) is 11.5 Å². The van der Waals surface area contributed by atoms with Gasteiger partial charge in [-0.05, 0) is 30.3 Å². The van der Waals surface area contributed by atoms with Crippen molar-refractivity contribution in [2.45, 2.75) is 0 Å². The first-order valence-corrected chi connectivity index (χ1v) is 7.07. The lowest BCUT2D eigenvalue weighted by Crippen LogP contribution is -2.00. The van der Waals surface area contributed by atoms with Gasteiger partial charge < -0.3 is 18.6 Å². The molecule has 0 radical (unpaired) electrons. The second-order valence-corrected chi connectivity index (χ2v) is 5.10. The van der Waals surface area contributed by atoms with Gasteiger partial charge in [-0.1, -0.05) is 0 Å². The quantitative estimate of drug-likeness (QED) is 0.540. The molecule has 7 heteroatoms. The van der Waals surface area contributed by atoms with Gasteiger partial charge in [0.1, 0.15) is 5.52 Å². The summed E-state index contributed by atoms with van der Waals surface area (Å²) in [7, 11) is 1.31. The molecule has 1 aromatic heterocycles. The van der Waals surface area contributed by atoms with Crippen molar-refractivity contribution in [1.29, 1.82) is 0 Å². The highest BCUT2D eigenvalue weighted by Crippen LogP contribution is 2.38. The number of rotatable bonds is 3. The Balaban J connectivity index is 1.85. The number of ether oxygens (including phenoxy) is 3. The normalized spacial score (nSPS) is 12.4. The summed E-state index contributed by atoms with van der Waals surface area (Å²) in [6.45, 7) is 0.104. The van der Waals surface area contributed by atoms with Crippen molar-refractivity contribution in [3.05, 3.63) is 41.5 Å². The first-order chi connectivity index (χ1) is 11.7. The smallest absolute Gasteiger partial charge is 0.337 e. The van der Waals surface area contributed by atoms with E-state index in [2.05, 4.69) is 9.72 Å². The van der Waals surface area contributed by atoms with Gasteiger partial charge in [-0.2, -0.15) is 0 Å². The highest BCUT2D eigenvalue weighted by Gasteiger charge is 2.21. The van der Waals surface area contributed by atoms with Gasteiger partial charge in [0.25, 0.3) is 0 Å². The summed E-state index contributed by atoms with van der Waals surface area (Å²) >= 11 is 0. The summed E-state index contributed by atoms with van der Waals surface area (Å²) in [4.78, 5) is 27.3. The molecule has 0 amide bonds. The number of oxazole rings is 1. The molecule has 1 aliphatic rings. The summed E-state index contributed by atoms with van der Waals surface area (Å²) in [6, 6.07) is 8.02. The van der Waals surface area contributed by atoms with Crippen LogP contribution in [0.2, 0.25) is 0 Å². The fourth-order valence-corrected chi connectivity index (χ4v) is 2.53. The van der Waals surface area contributed by atoms with Crippen LogP contribution in [0.3, 0.4) is 0 Å². The minimum atomic E-state index is -0.460. The molecule has 24 heavy (non-hydrogen) atoms. The Hall–Kier alpha value is -3.35. The predicted octanol–water partition coefficient (Wildman–Crippen LogP) is 2.82. The van der Waals surface area contributed by atoms with Crippen LogP contribution in [0.4, 0.5) is 0 Å². The highest BCUT2D eigenvalue weighted by molar-refractivity contribution is 5.94. The van der Waals surface area contributed by atoms with Crippen molar-refractivity contribution in [2.24, 2.45) is 0 Å². The molecule has 2 aromatic carbocycles. The Morgan fingerprint density at radius 3 is 2.75 bits per heavy atom. The number of aromatic nitrogens is 1. The molecule has 0 bridgehead atoms. The second kappa shape index (κ2) is 5.38. The van der Waals surface area contributed by atoms with Gasteiger partial charge in [0.05, 0.1) is 18.2 Å². The summed E-state index contributed by atoms with van der Waals surface area (Å²) < 4.78 is 21.0. The second-order valence-electron chi connectivity index (χ2n) is 5.10. The lowest BCUT2D eigenvalue weighted by Gasteiger charge is -2.02. The Bertz CT molecular complexity index is 975. The molecule has 2 heterocycles. The molecule has 3 aromatic rings. The van der Waals surface area contributed by atoms with Crippen molar-refractivity contribution >= 4 is 23.4 Å². The number of carbonyl (C=O) groups is 2. The Morgan fingerprint density at radius 2 is 2.00 bits per heavy atom. The minimum Gasteiger partial charge on any atom is -0.465 e. The van der Waals surface area contributed by atoms with Gasteiger partial charge in [0, 0.05) is 5.56 Å². The molecule has 1 aliphatic heterocycles. The number of carbonyl (C=O) groups excluding carboxylic acids is 2. The number of nitrogens with zero attached hydrogens (tertiary/aromatic N) is 1. The summed E-state index contributed by atoms with van der Waals surface area (Å²) in [6.07, 6.45) is 0.700. The molecule has 0 spiro atoms. The summed E-state index contributed by atoms with van der Waals surface area (Å²) in [5.74, 6) is 0.823. The van der Waals surface area contributed by atoms with Gasteiger partial charge in [-0.15, -0.1) is 0 Å². The third-order valence-corrected chi connectivity index (χ3v) is 3.71. The number of esters is 1. The maximum Gasteiger partial charge on any atom is 0.337 e. The van der Waals surface area contributed by atoms with Crippen molar-refractivity contribution in [2.75, 3.05) is 13.9 Å². The van der Waals surface area contributed by atoms with Crippen molar-refractivity contribution in [1.82, 2.24) is 4.98 Å². The van der Waals surface area contributed by atoms with Crippen LogP contribution in [0.25, 0.3) is 22.6 Å². The van der Waals surface area contributed by atoms with Crippen molar-refractivity contribution in [3.63, 3.8) is 0 Å². The maximum atomic E-state index is 11.6. The largest absolute Gasteiger partial charge is 0.465 e. The molecule has 4 rings (SSSR count). The molecule has 0 saturated carbocycles. The monoisotopic (exact) mass is 325 g/mol. The number of hydrogen-bond donors (Lipinski definition) is 0. The zero-order valence-corrected chi connectivity index (χ0v) is 12.6. The predicted molar refractivity (Wildman–Crippen MR) is 82.3 cm³/mol. The van der Waals surface area contributed by atoms with Crippen LogP contribution in [0, 0.1) is 0 Å². The van der Waals surface area contributed by atoms with E-state index in [1.807, 2.05) is 0 Å². The van der Waals surface area contributed by atoms with Crippen LogP contribution in [-0.2, 0) is 4.74 Å². The van der Waals surface area contributed by atoms with Crippen molar-refractivity contribution < 1.29 is 28.2 Å². The van der Waals surface area contributed by atoms with Crippen molar-refractivity contribution in [3.8, 4) is 23.0 Å². The standard InChI is InChI=1S/C17H11NO6/c1-21-17(20)9-2-3-13-12(4-9)18-16(24-13)11-6-15-14(22-8-23-15)5-10(11)7-19/h2-7H,8H2,1H3. The number of fused-ring (bicyclic) bond motifs is 2. The molecule has 0 atom stereocenters. The van der Waals surface area contributed by atoms with E-state index in [4.69, 9.17) is 13.9 Å². The zero-order chi connectivity index (χ0) is 16.7. The number of aldehydes is 1.